The summed E-state index contributed by atoms with van der Waals surface area (Å²) in [4.78, 5) is 58.1. The largest absolute Gasteiger partial charge is 0.508 e. The summed E-state index contributed by atoms with van der Waals surface area (Å²) in [6, 6.07) is 18.6. The van der Waals surface area contributed by atoms with Crippen LogP contribution >= 0.6 is 22.9 Å². The van der Waals surface area contributed by atoms with Crippen LogP contribution in [-0.2, 0) is 26.2 Å². The van der Waals surface area contributed by atoms with Crippen molar-refractivity contribution in [3.8, 4) is 16.3 Å². The van der Waals surface area contributed by atoms with E-state index < -0.39 is 35.0 Å². The molecule has 0 bridgehead atoms. The summed E-state index contributed by atoms with van der Waals surface area (Å²) in [5, 5.41) is 22.2. The maximum absolute atomic E-state index is 15.1. The normalized spacial score (nSPS) is 27.8. The number of anilines is 1. The van der Waals surface area contributed by atoms with Crippen molar-refractivity contribution in [2.45, 2.75) is 32.6 Å². The molecule has 0 radical (unpaired) electrons. The van der Waals surface area contributed by atoms with E-state index in [1.54, 1.807) is 35.2 Å². The van der Waals surface area contributed by atoms with Crippen LogP contribution in [0.4, 0.5) is 5.82 Å². The molecule has 2 N–H and O–H groups in total. The molecule has 6 unspecified atom stereocenters. The Morgan fingerprint density at radius 2 is 1.80 bits per heavy atom. The molecule has 5 aromatic rings. The van der Waals surface area contributed by atoms with Crippen LogP contribution in [0.1, 0.15) is 36.8 Å². The minimum Gasteiger partial charge on any atom is -0.508 e. The zero-order valence-corrected chi connectivity index (χ0v) is 28.4. The van der Waals surface area contributed by atoms with E-state index in [1.165, 1.54) is 4.90 Å². The Balaban J connectivity index is 1.22. The summed E-state index contributed by atoms with van der Waals surface area (Å²) in [5.41, 5.74) is 1.72. The molecule has 4 amide bonds. The van der Waals surface area contributed by atoms with Crippen LogP contribution in [0.3, 0.4) is 0 Å². The van der Waals surface area contributed by atoms with E-state index in [9.17, 15) is 19.5 Å². The smallest absolute Gasteiger partial charge is 0.242 e. The van der Waals surface area contributed by atoms with E-state index in [0.717, 1.165) is 36.9 Å². The van der Waals surface area contributed by atoms with Crippen molar-refractivity contribution in [3.05, 3.63) is 88.5 Å². The molecule has 0 spiro atoms. The lowest BCUT2D eigenvalue weighted by Gasteiger charge is -2.49. The van der Waals surface area contributed by atoms with Gasteiger partial charge in [0.2, 0.25) is 23.6 Å². The summed E-state index contributed by atoms with van der Waals surface area (Å²) < 4.78 is 2.62. The molecule has 9 rings (SSSR count). The van der Waals surface area contributed by atoms with Crippen LogP contribution in [0.5, 0.6) is 5.75 Å². The Kier molecular flexibility index (Phi) is 6.40. The monoisotopic (exact) mass is 690 g/mol. The van der Waals surface area contributed by atoms with Gasteiger partial charge < -0.3 is 5.11 Å². The zero-order valence-electron chi connectivity index (χ0n) is 26.9. The molecule has 3 aromatic carbocycles. The summed E-state index contributed by atoms with van der Waals surface area (Å²) in [5.74, 6) is -4.24. The van der Waals surface area contributed by atoms with Gasteiger partial charge in [-0.15, -0.1) is 11.3 Å². The molecule has 4 heterocycles. The Morgan fingerprint density at radius 1 is 1.00 bits per heavy atom. The number of hydrogen-bond donors (Lipinski definition) is 2. The first-order valence-electron chi connectivity index (χ1n) is 16.4. The Bertz CT molecular complexity index is 2380. The summed E-state index contributed by atoms with van der Waals surface area (Å²) in [6.45, 7) is 3.83. The van der Waals surface area contributed by atoms with Gasteiger partial charge in [0.1, 0.15) is 17.3 Å². The highest BCUT2D eigenvalue weighted by Gasteiger charge is 2.67. The molecule has 9 nitrogen and oxygen atoms in total. The number of fused-ring (bicyclic) bond motifs is 6. The van der Waals surface area contributed by atoms with Gasteiger partial charge >= 0.3 is 0 Å². The standard InChI is InChI=1S/C38H31ClN4O5S/c1-17-23-14-19(39)9-13-28(23)49-33(17)26-16-29(42(3)41-26)43-36(47)25-15-24-21(10-11-22-30(24)35(46)40-34(22)45)32(38(25,2)37(43)48)31-20-7-5-4-6-18(20)8-12-27(31)44/h4-10,12-14,16,22,24-25,30,32,44H,11,15H2,1-3H3,(H,40,45,46). The molecule has 6 atom stereocenters. The number of rotatable bonds is 3. The van der Waals surface area contributed by atoms with Crippen molar-refractivity contribution in [1.29, 1.82) is 0 Å². The van der Waals surface area contributed by atoms with Gasteiger partial charge in [-0.05, 0) is 78.6 Å². The number of carbonyl (C=O) groups is 4. The van der Waals surface area contributed by atoms with E-state index in [4.69, 9.17) is 16.7 Å². The topological polar surface area (TPSA) is 122 Å². The fourth-order valence-electron chi connectivity index (χ4n) is 9.26. The van der Waals surface area contributed by atoms with E-state index in [1.807, 2.05) is 68.5 Å². The molecule has 3 fully saturated rings. The third-order valence-electron chi connectivity index (χ3n) is 11.6. The second kappa shape index (κ2) is 10.4. The van der Waals surface area contributed by atoms with E-state index >= 15 is 4.79 Å². The number of allylic oxidation sites excluding steroid dienone is 2. The second-order valence-electron chi connectivity index (χ2n) is 13.9. The predicted molar refractivity (Wildman–Crippen MR) is 187 cm³/mol. The number of halogens is 1. The van der Waals surface area contributed by atoms with Crippen molar-refractivity contribution in [1.82, 2.24) is 15.1 Å². The highest BCUT2D eigenvalue weighted by Crippen LogP contribution is 2.64. The van der Waals surface area contributed by atoms with Crippen LogP contribution < -0.4 is 10.2 Å². The average Bonchev–Trinajstić information content (AvgIpc) is 3.76. The Labute approximate surface area is 290 Å². The number of aromatic nitrogens is 2. The number of amides is 4. The lowest BCUT2D eigenvalue weighted by atomic mass is 9.51. The minimum atomic E-state index is -1.30. The van der Waals surface area contributed by atoms with E-state index in [-0.39, 0.29) is 35.8 Å². The van der Waals surface area contributed by atoms with E-state index in [2.05, 4.69) is 5.32 Å². The Hall–Kier alpha value is -4.80. The fourth-order valence-corrected chi connectivity index (χ4v) is 10.6. The number of carbonyl (C=O) groups excluding carboxylic acids is 4. The first kappa shape index (κ1) is 30.3. The van der Waals surface area contributed by atoms with Crippen molar-refractivity contribution >= 4 is 73.2 Å². The summed E-state index contributed by atoms with van der Waals surface area (Å²) >= 11 is 7.87. The number of benzene rings is 3. The molecule has 246 valence electrons. The molecular weight excluding hydrogens is 660 g/mol. The molecule has 49 heavy (non-hydrogen) atoms. The average molecular weight is 691 g/mol. The van der Waals surface area contributed by atoms with Crippen molar-refractivity contribution in [2.24, 2.45) is 36.1 Å². The third kappa shape index (κ3) is 4.01. The van der Waals surface area contributed by atoms with Gasteiger partial charge in [-0.25, -0.2) is 4.90 Å². The number of phenolic OH excluding ortho intramolecular Hbond substituents is 1. The van der Waals surface area contributed by atoms with E-state index in [0.29, 0.717) is 28.5 Å². The lowest BCUT2D eigenvalue weighted by molar-refractivity contribution is -0.131. The van der Waals surface area contributed by atoms with Gasteiger partial charge in [-0.3, -0.25) is 29.2 Å². The van der Waals surface area contributed by atoms with Crippen LogP contribution in [0.2, 0.25) is 5.02 Å². The number of nitrogens with one attached hydrogen (secondary N) is 1. The molecule has 2 saturated heterocycles. The number of aryl methyl sites for hydroxylation is 2. The van der Waals surface area contributed by atoms with Gasteiger partial charge in [0, 0.05) is 34.3 Å². The molecule has 4 aliphatic rings. The molecular formula is C38H31ClN4O5S. The third-order valence-corrected chi connectivity index (χ3v) is 13.1. The minimum absolute atomic E-state index is 0.0150. The molecule has 2 aliphatic carbocycles. The number of imide groups is 2. The number of phenols is 1. The quantitative estimate of drug-likeness (QED) is 0.162. The number of thiophene rings is 1. The maximum Gasteiger partial charge on any atom is 0.242 e. The molecule has 2 aromatic heterocycles. The Morgan fingerprint density at radius 3 is 2.61 bits per heavy atom. The van der Waals surface area contributed by atoms with Crippen molar-refractivity contribution in [2.75, 3.05) is 4.90 Å². The maximum atomic E-state index is 15.1. The molecule has 2 aliphatic heterocycles. The fraction of sp³-hybridized carbons (Fsp3) is 0.289. The summed E-state index contributed by atoms with van der Waals surface area (Å²) in [7, 11) is 1.72. The first-order valence-corrected chi connectivity index (χ1v) is 17.5. The van der Waals surface area contributed by atoms with Crippen molar-refractivity contribution < 1.29 is 24.3 Å². The first-order chi connectivity index (χ1) is 23.5. The van der Waals surface area contributed by atoms with Crippen LogP contribution in [-0.4, -0.2) is 38.5 Å². The van der Waals surface area contributed by atoms with Crippen LogP contribution in [0.15, 0.2) is 72.3 Å². The van der Waals surface area contributed by atoms with Gasteiger partial charge in [0.05, 0.1) is 28.0 Å². The highest BCUT2D eigenvalue weighted by atomic mass is 35.5. The van der Waals surface area contributed by atoms with Gasteiger partial charge in [-0.2, -0.15) is 5.10 Å². The van der Waals surface area contributed by atoms with Gasteiger partial charge in [0.25, 0.3) is 0 Å². The van der Waals surface area contributed by atoms with Gasteiger partial charge in [-0.1, -0.05) is 53.6 Å². The van der Waals surface area contributed by atoms with Crippen LogP contribution in [0, 0.1) is 36.0 Å². The van der Waals surface area contributed by atoms with Crippen LogP contribution in [0.25, 0.3) is 31.4 Å². The molecule has 11 heteroatoms. The van der Waals surface area contributed by atoms with Crippen molar-refractivity contribution in [3.63, 3.8) is 0 Å². The predicted octanol–water partition coefficient (Wildman–Crippen LogP) is 6.64. The highest BCUT2D eigenvalue weighted by molar-refractivity contribution is 7.22. The lowest BCUT2D eigenvalue weighted by Crippen LogP contribution is -2.49. The van der Waals surface area contributed by atoms with Gasteiger partial charge in [0.15, 0.2) is 0 Å². The SMILES string of the molecule is Cc1c(-c2cc(N3C(=O)C4CC5C(=CCC6C(=O)NC(=O)C65)C(c5c(O)ccc6ccccc56)C4(C)C3=O)n(C)n2)sc2ccc(Cl)cc12. The number of aromatic hydroxyl groups is 1. The summed E-state index contributed by atoms with van der Waals surface area (Å²) in [6.07, 6.45) is 2.55. The number of nitrogens with zero attached hydrogens (tertiary/aromatic N) is 3. The molecule has 1 saturated carbocycles. The number of hydrogen-bond acceptors (Lipinski definition) is 7. The zero-order chi connectivity index (χ0) is 34.1. The second-order valence-corrected chi connectivity index (χ2v) is 15.4.